The van der Waals surface area contributed by atoms with Crippen LogP contribution in [0.2, 0.25) is 10.0 Å². The third-order valence-corrected chi connectivity index (χ3v) is 4.57. The number of carbonyl (C=O) groups excluding carboxylic acids is 2. The molecule has 0 aliphatic heterocycles. The van der Waals surface area contributed by atoms with Gasteiger partial charge in [0.2, 0.25) is 0 Å². The molecule has 0 spiro atoms. The fourth-order valence-electron chi connectivity index (χ4n) is 2.37. The summed E-state index contributed by atoms with van der Waals surface area (Å²) in [5.74, 6) is -0.397. The highest BCUT2D eigenvalue weighted by Gasteiger charge is 2.19. The van der Waals surface area contributed by atoms with Crippen molar-refractivity contribution in [2.45, 2.75) is 13.8 Å². The molecule has 0 radical (unpaired) electrons. The average molecular weight is 395 g/mol. The van der Waals surface area contributed by atoms with E-state index in [9.17, 15) is 9.59 Å². The zero-order valence-electron chi connectivity index (χ0n) is 14.8. The van der Waals surface area contributed by atoms with Gasteiger partial charge in [-0.2, -0.15) is 0 Å². The van der Waals surface area contributed by atoms with Crippen molar-refractivity contribution in [1.29, 1.82) is 0 Å². The second kappa shape index (κ2) is 8.92. The number of ether oxygens (including phenoxy) is 1. The average Bonchev–Trinajstić information content (AvgIpc) is 2.62. The lowest BCUT2D eigenvalue weighted by Gasteiger charge is -2.13. The maximum Gasteiger partial charge on any atom is 0.256 e. The zero-order chi connectivity index (χ0) is 19.3. The smallest absolute Gasteiger partial charge is 0.256 e. The van der Waals surface area contributed by atoms with Gasteiger partial charge in [0.1, 0.15) is 5.56 Å². The third kappa shape index (κ3) is 4.68. The molecule has 2 amide bonds. The molecule has 0 saturated carbocycles. The van der Waals surface area contributed by atoms with Crippen LogP contribution in [0.3, 0.4) is 0 Å². The molecule has 0 saturated heterocycles. The number of amides is 2. The number of halogens is 2. The highest BCUT2D eigenvalue weighted by molar-refractivity contribution is 6.37. The van der Waals surface area contributed by atoms with Crippen molar-refractivity contribution in [3.8, 4) is 5.75 Å². The molecule has 2 N–H and O–H groups in total. The Hall–Kier alpha value is -2.24. The third-order valence-electron chi connectivity index (χ3n) is 3.96. The molecule has 7 heteroatoms. The van der Waals surface area contributed by atoms with Crippen molar-refractivity contribution in [3.05, 3.63) is 62.6 Å². The van der Waals surface area contributed by atoms with E-state index in [0.29, 0.717) is 10.6 Å². The monoisotopic (exact) mass is 394 g/mol. The summed E-state index contributed by atoms with van der Waals surface area (Å²) in [6.45, 7) is 4.45. The van der Waals surface area contributed by atoms with Gasteiger partial charge in [-0.3, -0.25) is 9.59 Å². The zero-order valence-corrected chi connectivity index (χ0v) is 16.3. The van der Waals surface area contributed by atoms with Crippen LogP contribution in [0.15, 0.2) is 30.3 Å². The molecule has 0 aromatic heterocycles. The summed E-state index contributed by atoms with van der Waals surface area (Å²) in [5.41, 5.74) is 2.93. The van der Waals surface area contributed by atoms with E-state index in [1.165, 1.54) is 13.2 Å². The molecular formula is C19H20Cl2N2O3. The first-order valence-electron chi connectivity index (χ1n) is 8.00. The minimum Gasteiger partial charge on any atom is -0.494 e. The number of carbonyl (C=O) groups is 2. The lowest BCUT2D eigenvalue weighted by atomic mass is 10.1. The Morgan fingerprint density at radius 2 is 1.54 bits per heavy atom. The summed E-state index contributed by atoms with van der Waals surface area (Å²) in [4.78, 5) is 24.5. The summed E-state index contributed by atoms with van der Waals surface area (Å²) in [7, 11) is 1.41. The van der Waals surface area contributed by atoms with Crippen molar-refractivity contribution in [2.75, 3.05) is 20.2 Å². The Labute approximate surface area is 162 Å². The van der Waals surface area contributed by atoms with Gasteiger partial charge in [-0.15, -0.1) is 0 Å². The number of benzene rings is 2. The molecule has 0 bridgehead atoms. The largest absolute Gasteiger partial charge is 0.494 e. The summed E-state index contributed by atoms with van der Waals surface area (Å²) < 4.78 is 5.15. The fourth-order valence-corrected chi connectivity index (χ4v) is 2.84. The highest BCUT2D eigenvalue weighted by atomic mass is 35.5. The van der Waals surface area contributed by atoms with Crippen molar-refractivity contribution in [1.82, 2.24) is 10.6 Å². The molecule has 5 nitrogen and oxygen atoms in total. The Morgan fingerprint density at radius 3 is 2.15 bits per heavy atom. The lowest BCUT2D eigenvalue weighted by molar-refractivity contribution is 0.0926. The van der Waals surface area contributed by atoms with Crippen LogP contribution in [0.25, 0.3) is 0 Å². The molecule has 0 heterocycles. The molecule has 0 unspecified atom stereocenters. The topological polar surface area (TPSA) is 67.4 Å². The molecule has 138 valence electrons. The second-order valence-corrected chi connectivity index (χ2v) is 6.56. The van der Waals surface area contributed by atoms with Crippen LogP contribution in [-0.4, -0.2) is 32.0 Å². The maximum absolute atomic E-state index is 12.3. The van der Waals surface area contributed by atoms with E-state index >= 15 is 0 Å². The van der Waals surface area contributed by atoms with Crippen molar-refractivity contribution >= 4 is 35.0 Å². The molecule has 0 fully saturated rings. The van der Waals surface area contributed by atoms with Gasteiger partial charge in [0.15, 0.2) is 5.75 Å². The molecule has 0 aliphatic carbocycles. The van der Waals surface area contributed by atoms with Gasteiger partial charge in [0, 0.05) is 18.7 Å². The molecule has 2 aromatic carbocycles. The summed E-state index contributed by atoms with van der Waals surface area (Å²) in [6.07, 6.45) is 0. The Kier molecular flexibility index (Phi) is 6.89. The number of hydrogen-bond acceptors (Lipinski definition) is 3. The summed E-state index contributed by atoms with van der Waals surface area (Å²) in [6, 6.07) is 8.60. The van der Waals surface area contributed by atoms with Gasteiger partial charge in [-0.05, 0) is 49.2 Å². The van der Waals surface area contributed by atoms with E-state index in [-0.39, 0.29) is 35.3 Å². The van der Waals surface area contributed by atoms with Crippen LogP contribution in [-0.2, 0) is 0 Å². The van der Waals surface area contributed by atoms with Gasteiger partial charge in [0.05, 0.1) is 17.2 Å². The first kappa shape index (κ1) is 20.1. The molecule has 26 heavy (non-hydrogen) atoms. The van der Waals surface area contributed by atoms with Crippen LogP contribution in [0, 0.1) is 13.8 Å². The van der Waals surface area contributed by atoms with Crippen molar-refractivity contribution in [3.63, 3.8) is 0 Å². The first-order valence-corrected chi connectivity index (χ1v) is 8.76. The summed E-state index contributed by atoms with van der Waals surface area (Å²) in [5, 5.41) is 5.99. The van der Waals surface area contributed by atoms with Crippen molar-refractivity contribution < 1.29 is 14.3 Å². The van der Waals surface area contributed by atoms with Gasteiger partial charge in [-0.1, -0.05) is 29.3 Å². The Balaban J connectivity index is 1.92. The van der Waals surface area contributed by atoms with Crippen LogP contribution in [0.1, 0.15) is 31.8 Å². The van der Waals surface area contributed by atoms with E-state index in [4.69, 9.17) is 27.9 Å². The van der Waals surface area contributed by atoms with Crippen LogP contribution < -0.4 is 15.4 Å². The number of rotatable bonds is 6. The number of methoxy groups -OCH3 is 1. The van der Waals surface area contributed by atoms with Gasteiger partial charge in [0.25, 0.3) is 11.8 Å². The minimum atomic E-state index is -0.422. The maximum atomic E-state index is 12.3. The normalized spacial score (nSPS) is 10.3. The number of hydrogen-bond donors (Lipinski definition) is 2. The molecular weight excluding hydrogens is 375 g/mol. The highest BCUT2D eigenvalue weighted by Crippen LogP contribution is 2.33. The predicted molar refractivity (Wildman–Crippen MR) is 104 cm³/mol. The van der Waals surface area contributed by atoms with E-state index in [1.807, 2.05) is 26.0 Å². The van der Waals surface area contributed by atoms with Crippen LogP contribution in [0.5, 0.6) is 5.75 Å². The van der Waals surface area contributed by atoms with Gasteiger partial charge in [-0.25, -0.2) is 0 Å². The molecule has 2 aromatic rings. The lowest BCUT2D eigenvalue weighted by Crippen LogP contribution is -2.35. The van der Waals surface area contributed by atoms with E-state index in [0.717, 1.165) is 11.1 Å². The van der Waals surface area contributed by atoms with Crippen LogP contribution >= 0.6 is 23.2 Å². The summed E-state index contributed by atoms with van der Waals surface area (Å²) >= 11 is 12.1. The van der Waals surface area contributed by atoms with Gasteiger partial charge >= 0.3 is 0 Å². The van der Waals surface area contributed by atoms with E-state index in [1.54, 1.807) is 12.1 Å². The first-order chi connectivity index (χ1) is 12.3. The second-order valence-electron chi connectivity index (χ2n) is 5.75. The molecule has 0 atom stereocenters. The fraction of sp³-hybridized carbons (Fsp3) is 0.263. The Bertz CT molecular complexity index is 838. The van der Waals surface area contributed by atoms with E-state index in [2.05, 4.69) is 10.6 Å². The SMILES string of the molecule is COc1c(Cl)ccc(Cl)c1C(=O)NCCNC(=O)c1ccc(C)c(C)c1. The number of aryl methyl sites for hydroxylation is 2. The minimum absolute atomic E-state index is 0.169. The predicted octanol–water partition coefficient (Wildman–Crippen LogP) is 3.78. The Morgan fingerprint density at radius 1 is 0.923 bits per heavy atom. The standard InChI is InChI=1S/C19H20Cl2N2O3/c1-11-4-5-13(10-12(11)2)18(24)22-8-9-23-19(25)16-14(20)6-7-15(21)17(16)26-3/h4-7,10H,8-9H2,1-3H3,(H,22,24)(H,23,25). The quantitative estimate of drug-likeness (QED) is 0.732. The van der Waals surface area contributed by atoms with Crippen molar-refractivity contribution in [2.24, 2.45) is 0 Å². The molecule has 0 aliphatic rings. The van der Waals surface area contributed by atoms with Gasteiger partial charge < -0.3 is 15.4 Å². The van der Waals surface area contributed by atoms with Crippen LogP contribution in [0.4, 0.5) is 0 Å². The molecule has 2 rings (SSSR count). The van der Waals surface area contributed by atoms with E-state index < -0.39 is 5.91 Å². The number of nitrogens with one attached hydrogen (secondary N) is 2.